The van der Waals surface area contributed by atoms with Crippen LogP contribution in [0.2, 0.25) is 0 Å². The number of H-pyrrole nitrogens is 1. The fourth-order valence-electron chi connectivity index (χ4n) is 2.08. The van der Waals surface area contributed by atoms with E-state index in [1.54, 1.807) is 23.9 Å². The maximum Gasteiger partial charge on any atom is 0.417 e. The van der Waals surface area contributed by atoms with Gasteiger partial charge in [-0.1, -0.05) is 18.2 Å². The normalized spacial score (nSPS) is 12.7. The number of hydrogen-bond acceptors (Lipinski definition) is 3. The Morgan fingerprint density at radius 3 is 2.55 bits per heavy atom. The molecule has 1 atom stereocenters. The highest BCUT2D eigenvalue weighted by molar-refractivity contribution is 7.98. The third-order valence-electron chi connectivity index (χ3n) is 3.15. The minimum Gasteiger partial charge on any atom is -0.408 e. The van der Waals surface area contributed by atoms with Crippen molar-refractivity contribution in [1.82, 2.24) is 4.98 Å². The van der Waals surface area contributed by atoms with Gasteiger partial charge in [-0.05, 0) is 41.6 Å². The van der Waals surface area contributed by atoms with Crippen molar-refractivity contribution >= 4 is 34.5 Å². The molecule has 3 aromatic rings. The summed E-state index contributed by atoms with van der Waals surface area (Å²) in [6.07, 6.45) is 2.04. The van der Waals surface area contributed by atoms with E-state index in [1.165, 1.54) is 4.90 Å². The number of halogens is 1. The highest BCUT2D eigenvalue weighted by Gasteiger charge is 2.12. The van der Waals surface area contributed by atoms with Crippen LogP contribution in [-0.4, -0.2) is 11.2 Å². The zero-order valence-corrected chi connectivity index (χ0v) is 12.3. The molecule has 0 aliphatic heterocycles. The summed E-state index contributed by atoms with van der Waals surface area (Å²) in [7, 11) is 0. The van der Waals surface area contributed by atoms with Crippen LogP contribution >= 0.6 is 23.4 Å². The molecule has 3 rings (SSSR count). The SMILES string of the molecule is CSc1ccc(C(Cl)c2ccc3[nH]c(=O)oc3c2)cc1. The fourth-order valence-corrected chi connectivity index (χ4v) is 2.77. The molecular weight excluding hydrogens is 294 g/mol. The Bertz CT molecular complexity index is 791. The molecule has 0 aliphatic rings. The highest BCUT2D eigenvalue weighted by atomic mass is 35.5. The van der Waals surface area contributed by atoms with Gasteiger partial charge in [0.1, 0.15) is 0 Å². The second kappa shape index (κ2) is 5.38. The standard InChI is InChI=1S/C15H12ClNO2S/c1-20-11-5-2-9(3-6-11)14(16)10-4-7-12-13(8-10)19-15(18)17-12/h2-8,14H,1H3,(H,17,18). The summed E-state index contributed by atoms with van der Waals surface area (Å²) in [5.41, 5.74) is 3.12. The van der Waals surface area contributed by atoms with E-state index >= 15 is 0 Å². The first-order chi connectivity index (χ1) is 9.67. The van der Waals surface area contributed by atoms with Crippen molar-refractivity contribution in [1.29, 1.82) is 0 Å². The Morgan fingerprint density at radius 2 is 1.85 bits per heavy atom. The molecule has 0 fully saturated rings. The molecular formula is C15H12ClNO2S. The summed E-state index contributed by atoms with van der Waals surface area (Å²) in [5, 5.41) is -0.268. The van der Waals surface area contributed by atoms with Crippen LogP contribution in [0.5, 0.6) is 0 Å². The molecule has 1 aromatic heterocycles. The van der Waals surface area contributed by atoms with E-state index in [2.05, 4.69) is 4.98 Å². The number of rotatable bonds is 3. The Morgan fingerprint density at radius 1 is 1.15 bits per heavy atom. The summed E-state index contributed by atoms with van der Waals surface area (Å²) in [5.74, 6) is -0.451. The first-order valence-electron chi connectivity index (χ1n) is 6.08. The van der Waals surface area contributed by atoms with Gasteiger partial charge in [0, 0.05) is 4.90 Å². The van der Waals surface area contributed by atoms with Gasteiger partial charge in [0.25, 0.3) is 0 Å². The third kappa shape index (κ3) is 2.49. The molecule has 2 aromatic carbocycles. The molecule has 0 amide bonds. The van der Waals surface area contributed by atoms with E-state index < -0.39 is 5.76 Å². The van der Waals surface area contributed by atoms with Gasteiger partial charge in [0.05, 0.1) is 10.9 Å². The van der Waals surface area contributed by atoms with Gasteiger partial charge >= 0.3 is 5.76 Å². The summed E-state index contributed by atoms with van der Waals surface area (Å²) >= 11 is 8.19. The second-order valence-electron chi connectivity index (χ2n) is 4.41. The lowest BCUT2D eigenvalue weighted by atomic mass is 10.0. The third-order valence-corrected chi connectivity index (χ3v) is 4.39. The molecule has 20 heavy (non-hydrogen) atoms. The quantitative estimate of drug-likeness (QED) is 0.583. The van der Waals surface area contributed by atoms with Crippen molar-refractivity contribution in [2.75, 3.05) is 6.26 Å². The molecule has 0 spiro atoms. The number of alkyl halides is 1. The number of nitrogens with one attached hydrogen (secondary N) is 1. The Labute approximate surface area is 125 Å². The topological polar surface area (TPSA) is 46.0 Å². The lowest BCUT2D eigenvalue weighted by molar-refractivity contribution is 0.555. The van der Waals surface area contributed by atoms with Crippen LogP contribution in [0, 0.1) is 0 Å². The second-order valence-corrected chi connectivity index (χ2v) is 5.72. The smallest absolute Gasteiger partial charge is 0.408 e. The van der Waals surface area contributed by atoms with Crippen molar-refractivity contribution < 1.29 is 4.42 Å². The van der Waals surface area contributed by atoms with Crippen molar-refractivity contribution in [3.05, 3.63) is 64.1 Å². The summed E-state index contributed by atoms with van der Waals surface area (Å²) in [6.45, 7) is 0. The predicted octanol–water partition coefficient (Wildman–Crippen LogP) is 4.17. The van der Waals surface area contributed by atoms with Crippen molar-refractivity contribution in [3.8, 4) is 0 Å². The monoisotopic (exact) mass is 305 g/mol. The molecule has 102 valence electrons. The van der Waals surface area contributed by atoms with E-state index in [-0.39, 0.29) is 5.38 Å². The summed E-state index contributed by atoms with van der Waals surface area (Å²) in [4.78, 5) is 15.0. The lowest BCUT2D eigenvalue weighted by Gasteiger charge is -2.10. The molecule has 1 heterocycles. The molecule has 3 nitrogen and oxygen atoms in total. The van der Waals surface area contributed by atoms with Gasteiger partial charge < -0.3 is 4.42 Å². The fraction of sp³-hybridized carbons (Fsp3) is 0.133. The van der Waals surface area contributed by atoms with Gasteiger partial charge in [0.2, 0.25) is 0 Å². The number of aromatic nitrogens is 1. The first-order valence-corrected chi connectivity index (χ1v) is 7.74. The van der Waals surface area contributed by atoms with E-state index in [1.807, 2.05) is 36.6 Å². The molecule has 1 unspecified atom stereocenters. The van der Waals surface area contributed by atoms with Crippen LogP contribution in [0.15, 0.2) is 56.6 Å². The summed E-state index contributed by atoms with van der Waals surface area (Å²) < 4.78 is 5.06. The van der Waals surface area contributed by atoms with Gasteiger partial charge in [-0.3, -0.25) is 4.98 Å². The van der Waals surface area contributed by atoms with Crippen LogP contribution in [0.25, 0.3) is 11.1 Å². The number of oxazole rings is 1. The van der Waals surface area contributed by atoms with Crippen LogP contribution in [0.1, 0.15) is 16.5 Å². The summed E-state index contributed by atoms with van der Waals surface area (Å²) in [6, 6.07) is 13.6. The van der Waals surface area contributed by atoms with Crippen LogP contribution in [-0.2, 0) is 0 Å². The van der Waals surface area contributed by atoms with E-state index in [0.29, 0.717) is 11.1 Å². The Kier molecular flexibility index (Phi) is 3.59. The van der Waals surface area contributed by atoms with E-state index in [4.69, 9.17) is 16.0 Å². The minimum atomic E-state index is -0.451. The highest BCUT2D eigenvalue weighted by Crippen LogP contribution is 2.31. The minimum absolute atomic E-state index is 0.268. The molecule has 0 saturated carbocycles. The largest absolute Gasteiger partial charge is 0.417 e. The average Bonchev–Trinajstić information content (AvgIpc) is 2.85. The Hall–Kier alpha value is -1.65. The van der Waals surface area contributed by atoms with Crippen LogP contribution < -0.4 is 5.76 Å². The number of fused-ring (bicyclic) bond motifs is 1. The average molecular weight is 306 g/mol. The molecule has 1 N–H and O–H groups in total. The van der Waals surface area contributed by atoms with E-state index in [0.717, 1.165) is 11.1 Å². The van der Waals surface area contributed by atoms with Gasteiger partial charge in [-0.2, -0.15) is 0 Å². The van der Waals surface area contributed by atoms with E-state index in [9.17, 15) is 4.79 Å². The van der Waals surface area contributed by atoms with Gasteiger partial charge in [-0.25, -0.2) is 4.79 Å². The molecule has 0 bridgehead atoms. The van der Waals surface area contributed by atoms with Gasteiger partial charge in [0.15, 0.2) is 5.58 Å². The Balaban J connectivity index is 1.97. The zero-order chi connectivity index (χ0) is 14.1. The van der Waals surface area contributed by atoms with Crippen molar-refractivity contribution in [2.45, 2.75) is 10.3 Å². The number of thioether (sulfide) groups is 1. The van der Waals surface area contributed by atoms with Crippen molar-refractivity contribution in [3.63, 3.8) is 0 Å². The number of aromatic amines is 1. The number of hydrogen-bond donors (Lipinski definition) is 1. The molecule has 0 saturated heterocycles. The van der Waals surface area contributed by atoms with Gasteiger partial charge in [-0.15, -0.1) is 23.4 Å². The molecule has 5 heteroatoms. The molecule has 0 aliphatic carbocycles. The maximum absolute atomic E-state index is 11.2. The van der Waals surface area contributed by atoms with Crippen LogP contribution in [0.4, 0.5) is 0 Å². The molecule has 0 radical (unpaired) electrons. The van der Waals surface area contributed by atoms with Crippen molar-refractivity contribution in [2.24, 2.45) is 0 Å². The maximum atomic E-state index is 11.2. The predicted molar refractivity (Wildman–Crippen MR) is 82.8 cm³/mol. The van der Waals surface area contributed by atoms with Crippen LogP contribution in [0.3, 0.4) is 0 Å². The number of benzene rings is 2. The lowest BCUT2D eigenvalue weighted by Crippen LogP contribution is -1.93. The first kappa shape index (κ1) is 13.3. The zero-order valence-electron chi connectivity index (χ0n) is 10.7.